The van der Waals surface area contributed by atoms with Crippen molar-refractivity contribution in [3.05, 3.63) is 101 Å². The van der Waals surface area contributed by atoms with Gasteiger partial charge in [-0.05, 0) is 59.4 Å². The molecule has 39 heavy (non-hydrogen) atoms. The van der Waals surface area contributed by atoms with Crippen molar-refractivity contribution in [1.82, 2.24) is 14.8 Å². The molecule has 7 nitrogen and oxygen atoms in total. The number of nitrogens with one attached hydrogen (secondary N) is 1. The number of benzene rings is 3. The fourth-order valence-electron chi connectivity index (χ4n) is 5.46. The molecule has 1 atom stereocenters. The molecule has 0 radical (unpaired) electrons. The lowest BCUT2D eigenvalue weighted by atomic mass is 9.73. The molecular formula is C32H33N5O2. The minimum atomic E-state index is -0.387. The van der Waals surface area contributed by atoms with Gasteiger partial charge in [-0.25, -0.2) is 4.68 Å². The molecule has 1 aliphatic heterocycles. The lowest BCUT2D eigenvalue weighted by Gasteiger charge is -2.38. The highest BCUT2D eigenvalue weighted by Crippen LogP contribution is 2.46. The first-order chi connectivity index (χ1) is 18.8. The van der Waals surface area contributed by atoms with Crippen LogP contribution < -0.4 is 15.0 Å². The van der Waals surface area contributed by atoms with Gasteiger partial charge in [0.25, 0.3) is 0 Å². The fraction of sp³-hybridized carbons (Fsp3) is 0.281. The summed E-state index contributed by atoms with van der Waals surface area (Å²) in [6, 6.07) is 25.9. The van der Waals surface area contributed by atoms with Crippen LogP contribution in [0.2, 0.25) is 0 Å². The molecule has 0 spiro atoms. The number of hydrogen-bond donors (Lipinski definition) is 1. The SMILES string of the molecule is CN(C)c1ccc(-c2nc3n(n2)C(c2cccc(OCc4ccccc4)c2)C2=C(CC(C)(C)CC2=O)N3)cc1. The number of ketones is 1. The van der Waals surface area contributed by atoms with Crippen LogP contribution in [0, 0.1) is 5.41 Å². The molecule has 0 saturated heterocycles. The Morgan fingerprint density at radius 2 is 1.77 bits per heavy atom. The van der Waals surface area contributed by atoms with E-state index < -0.39 is 0 Å². The molecule has 0 amide bonds. The maximum Gasteiger partial charge on any atom is 0.226 e. The number of allylic oxidation sites excluding steroid dienone is 2. The van der Waals surface area contributed by atoms with E-state index in [1.54, 1.807) is 0 Å². The molecule has 198 valence electrons. The van der Waals surface area contributed by atoms with Gasteiger partial charge in [-0.15, -0.1) is 5.10 Å². The predicted octanol–water partition coefficient (Wildman–Crippen LogP) is 6.25. The average Bonchev–Trinajstić information content (AvgIpc) is 3.34. The predicted molar refractivity (Wildman–Crippen MR) is 154 cm³/mol. The number of fused-ring (bicyclic) bond motifs is 1. The zero-order chi connectivity index (χ0) is 27.1. The van der Waals surface area contributed by atoms with Crippen molar-refractivity contribution < 1.29 is 9.53 Å². The second-order valence-corrected chi connectivity index (χ2v) is 11.4. The van der Waals surface area contributed by atoms with Crippen molar-refractivity contribution in [3.63, 3.8) is 0 Å². The number of rotatable bonds is 6. The topological polar surface area (TPSA) is 72.3 Å². The smallest absolute Gasteiger partial charge is 0.226 e. The third-order valence-corrected chi connectivity index (χ3v) is 7.40. The van der Waals surface area contributed by atoms with Crippen LogP contribution in [0.5, 0.6) is 5.75 Å². The largest absolute Gasteiger partial charge is 0.489 e. The molecule has 0 saturated carbocycles. The van der Waals surface area contributed by atoms with E-state index in [0.717, 1.165) is 45.8 Å². The zero-order valence-electron chi connectivity index (χ0n) is 22.8. The van der Waals surface area contributed by atoms with Crippen LogP contribution in [0.1, 0.15) is 43.9 Å². The Morgan fingerprint density at radius 1 is 1.00 bits per heavy atom. The molecular weight excluding hydrogens is 486 g/mol. The Morgan fingerprint density at radius 3 is 2.51 bits per heavy atom. The first-order valence-electron chi connectivity index (χ1n) is 13.3. The zero-order valence-corrected chi connectivity index (χ0v) is 22.8. The Balaban J connectivity index is 1.40. The van der Waals surface area contributed by atoms with Crippen LogP contribution in [-0.4, -0.2) is 34.6 Å². The molecule has 1 N–H and O–H groups in total. The molecule has 1 aliphatic carbocycles. The Labute approximate surface area is 229 Å². The van der Waals surface area contributed by atoms with Gasteiger partial charge in [0, 0.05) is 43.0 Å². The summed E-state index contributed by atoms with van der Waals surface area (Å²) in [6.45, 7) is 4.75. The highest BCUT2D eigenvalue weighted by Gasteiger charge is 2.42. The number of nitrogens with zero attached hydrogens (tertiary/aromatic N) is 4. The second-order valence-electron chi connectivity index (χ2n) is 11.4. The Kier molecular flexibility index (Phi) is 6.22. The van der Waals surface area contributed by atoms with Gasteiger partial charge in [0.05, 0.1) is 0 Å². The van der Waals surface area contributed by atoms with Crippen LogP contribution in [0.15, 0.2) is 90.1 Å². The van der Waals surface area contributed by atoms with Gasteiger partial charge in [-0.1, -0.05) is 56.3 Å². The van der Waals surface area contributed by atoms with E-state index in [1.165, 1.54) is 0 Å². The van der Waals surface area contributed by atoms with Crippen LogP contribution in [-0.2, 0) is 11.4 Å². The monoisotopic (exact) mass is 519 g/mol. The quantitative estimate of drug-likeness (QED) is 0.325. The van der Waals surface area contributed by atoms with Gasteiger partial charge < -0.3 is 15.0 Å². The summed E-state index contributed by atoms with van der Waals surface area (Å²) in [5.41, 5.74) is 5.66. The van der Waals surface area contributed by atoms with Crippen molar-refractivity contribution in [3.8, 4) is 17.1 Å². The van der Waals surface area contributed by atoms with Crippen molar-refractivity contribution in [2.75, 3.05) is 24.3 Å². The first kappa shape index (κ1) is 24.9. The molecule has 2 aliphatic rings. The molecule has 1 unspecified atom stereocenters. The summed E-state index contributed by atoms with van der Waals surface area (Å²) in [5.74, 6) is 2.16. The standard InChI is InChI=1S/C32H33N5O2/c1-32(2)18-26-28(27(38)19-32)29(23-11-8-12-25(17-23)39-20-21-9-6-5-7-10-21)37-31(33-26)34-30(35-37)22-13-15-24(16-14-22)36(3)4/h5-17,29H,18-20H2,1-4H3,(H,33,34,35). The highest BCUT2D eigenvalue weighted by molar-refractivity contribution is 6.00. The molecule has 6 rings (SSSR count). The number of aromatic nitrogens is 3. The van der Waals surface area contributed by atoms with Gasteiger partial charge in [0.1, 0.15) is 18.4 Å². The molecule has 3 aromatic carbocycles. The number of anilines is 2. The van der Waals surface area contributed by atoms with E-state index >= 15 is 0 Å². The number of carbonyl (C=O) groups excluding carboxylic acids is 1. The van der Waals surface area contributed by atoms with Crippen molar-refractivity contribution >= 4 is 17.4 Å². The highest BCUT2D eigenvalue weighted by atomic mass is 16.5. The normalized spacial score (nSPS) is 17.7. The first-order valence-corrected chi connectivity index (χ1v) is 13.3. The van der Waals surface area contributed by atoms with Gasteiger partial charge in [0.15, 0.2) is 11.6 Å². The minimum absolute atomic E-state index is 0.124. The van der Waals surface area contributed by atoms with E-state index in [-0.39, 0.29) is 17.2 Å². The van der Waals surface area contributed by atoms with E-state index in [2.05, 4.69) is 36.2 Å². The van der Waals surface area contributed by atoms with Crippen LogP contribution in [0.4, 0.5) is 11.6 Å². The van der Waals surface area contributed by atoms with Gasteiger partial charge in [-0.3, -0.25) is 4.79 Å². The fourth-order valence-corrected chi connectivity index (χ4v) is 5.46. The summed E-state index contributed by atoms with van der Waals surface area (Å²) in [7, 11) is 4.03. The van der Waals surface area contributed by atoms with Crippen LogP contribution >= 0.6 is 0 Å². The second kappa shape index (κ2) is 9.73. The average molecular weight is 520 g/mol. The lowest BCUT2D eigenvalue weighted by molar-refractivity contribution is -0.118. The van der Waals surface area contributed by atoms with Gasteiger partial charge in [-0.2, -0.15) is 4.98 Å². The van der Waals surface area contributed by atoms with Crippen LogP contribution in [0.3, 0.4) is 0 Å². The van der Waals surface area contributed by atoms with E-state index in [1.807, 2.05) is 85.5 Å². The summed E-state index contributed by atoms with van der Waals surface area (Å²) in [5, 5.41) is 8.42. The molecule has 0 bridgehead atoms. The van der Waals surface area contributed by atoms with E-state index in [4.69, 9.17) is 14.8 Å². The summed E-state index contributed by atoms with van der Waals surface area (Å²) >= 11 is 0. The third-order valence-electron chi connectivity index (χ3n) is 7.40. The van der Waals surface area contributed by atoms with Crippen molar-refractivity contribution in [1.29, 1.82) is 0 Å². The molecule has 1 aromatic heterocycles. The Bertz CT molecular complexity index is 1550. The van der Waals surface area contributed by atoms with Gasteiger partial charge >= 0.3 is 0 Å². The maximum atomic E-state index is 13.6. The Hall–Kier alpha value is -4.39. The summed E-state index contributed by atoms with van der Waals surface area (Å²) < 4.78 is 8.01. The van der Waals surface area contributed by atoms with Crippen molar-refractivity contribution in [2.45, 2.75) is 39.3 Å². The molecule has 0 fully saturated rings. The summed E-state index contributed by atoms with van der Waals surface area (Å²) in [4.78, 5) is 20.6. The number of hydrogen-bond acceptors (Lipinski definition) is 6. The third kappa shape index (κ3) is 4.92. The summed E-state index contributed by atoms with van der Waals surface area (Å²) in [6.07, 6.45) is 1.27. The van der Waals surface area contributed by atoms with E-state index in [0.29, 0.717) is 24.8 Å². The van der Waals surface area contributed by atoms with Crippen LogP contribution in [0.25, 0.3) is 11.4 Å². The molecule has 2 heterocycles. The number of ether oxygens (including phenoxy) is 1. The minimum Gasteiger partial charge on any atom is -0.489 e. The molecule has 7 heteroatoms. The van der Waals surface area contributed by atoms with Gasteiger partial charge in [0.2, 0.25) is 5.95 Å². The lowest BCUT2D eigenvalue weighted by Crippen LogP contribution is -2.36. The van der Waals surface area contributed by atoms with Crippen molar-refractivity contribution in [2.24, 2.45) is 5.41 Å². The number of Topliss-reactive ketones (excluding diaryl/α,β-unsaturated/α-hetero) is 1. The van der Waals surface area contributed by atoms with E-state index in [9.17, 15) is 4.79 Å². The molecule has 4 aromatic rings. The number of carbonyl (C=O) groups is 1. The maximum absolute atomic E-state index is 13.6.